The van der Waals surface area contributed by atoms with Gasteiger partial charge in [-0.1, -0.05) is 140 Å². The first kappa shape index (κ1) is 30.2. The second-order valence-electron chi connectivity index (χ2n) is 13.7. The van der Waals surface area contributed by atoms with E-state index in [0.29, 0.717) is 0 Å². The van der Waals surface area contributed by atoms with Gasteiger partial charge in [-0.25, -0.2) is 0 Å². The van der Waals surface area contributed by atoms with Gasteiger partial charge in [0.1, 0.15) is 11.2 Å². The highest BCUT2D eigenvalue weighted by molar-refractivity contribution is 6.19. The number of hydrogen-bond acceptors (Lipinski definition) is 2. The maximum atomic E-state index is 6.13. The van der Waals surface area contributed by atoms with E-state index in [1.54, 1.807) is 0 Å². The normalized spacial score (nSPS) is 12.6. The maximum Gasteiger partial charge on any atom is 0.136 e. The fraction of sp³-hybridized carbons (Fsp3) is 0.0400. The van der Waals surface area contributed by atoms with Gasteiger partial charge in [-0.2, -0.15) is 0 Å². The van der Waals surface area contributed by atoms with Crippen molar-refractivity contribution in [3.05, 3.63) is 199 Å². The Hall–Kier alpha value is -6.64. The van der Waals surface area contributed by atoms with E-state index in [1.165, 1.54) is 72.1 Å². The van der Waals surface area contributed by atoms with Gasteiger partial charge in [0, 0.05) is 27.8 Å². The molecule has 0 unspecified atom stereocenters. The minimum absolute atomic E-state index is 0.930. The molecule has 2 nitrogen and oxygen atoms in total. The van der Waals surface area contributed by atoms with E-state index in [1.807, 2.05) is 12.1 Å². The number of allylic oxidation sites excluding steroid dienone is 1. The molecule has 0 saturated heterocycles. The summed E-state index contributed by atoms with van der Waals surface area (Å²) in [7, 11) is 0. The molecule has 0 amide bonds. The van der Waals surface area contributed by atoms with Crippen molar-refractivity contribution in [2.45, 2.75) is 12.8 Å². The zero-order valence-electron chi connectivity index (χ0n) is 28.7. The van der Waals surface area contributed by atoms with Gasteiger partial charge in [0.2, 0.25) is 0 Å². The lowest BCUT2D eigenvalue weighted by atomic mass is 9.94. The second kappa shape index (κ2) is 12.6. The molecule has 0 fully saturated rings. The van der Waals surface area contributed by atoms with E-state index in [0.717, 1.165) is 35.1 Å². The third-order valence-corrected chi connectivity index (χ3v) is 10.6. The fourth-order valence-corrected chi connectivity index (χ4v) is 7.90. The lowest BCUT2D eigenvalue weighted by Crippen LogP contribution is -2.19. The van der Waals surface area contributed by atoms with Crippen LogP contribution in [0.15, 0.2) is 192 Å². The van der Waals surface area contributed by atoms with Gasteiger partial charge in [0.25, 0.3) is 0 Å². The Labute approximate surface area is 303 Å². The molecular formula is C50H35NO. The van der Waals surface area contributed by atoms with Gasteiger partial charge in [-0.3, -0.25) is 0 Å². The fourth-order valence-electron chi connectivity index (χ4n) is 7.90. The summed E-state index contributed by atoms with van der Waals surface area (Å²) in [6.45, 7) is 0. The predicted octanol–water partition coefficient (Wildman–Crippen LogP) is 13.9. The quantitative estimate of drug-likeness (QED) is 0.176. The molecule has 8 aromatic carbocycles. The lowest BCUT2D eigenvalue weighted by molar-refractivity contribution is 0.669. The van der Waals surface area contributed by atoms with Crippen LogP contribution in [-0.2, 0) is 6.42 Å². The molecule has 0 spiro atoms. The van der Waals surface area contributed by atoms with Gasteiger partial charge in [0.15, 0.2) is 0 Å². The van der Waals surface area contributed by atoms with Crippen molar-refractivity contribution in [3.63, 3.8) is 0 Å². The highest BCUT2D eigenvalue weighted by atomic mass is 16.3. The highest BCUT2D eigenvalue weighted by Crippen LogP contribution is 2.39. The Morgan fingerprint density at radius 2 is 0.981 bits per heavy atom. The van der Waals surface area contributed by atoms with Crippen molar-refractivity contribution in [2.24, 2.45) is 0 Å². The number of para-hydroxylation sites is 1. The van der Waals surface area contributed by atoms with Crippen LogP contribution in [0.4, 0.5) is 11.4 Å². The molecular weight excluding hydrogens is 631 g/mol. The standard InChI is InChI=1S/C50H35NO/c1-2-8-34(9-3-1)37-18-25-43(26-19-37)51(45-29-22-35-10-4-5-11-40(35)33-45)44-27-20-38(21-28-44)36-14-16-39(17-15-36)41-23-30-46-42(32-41)24-31-49-50(46)47-12-6-7-13-48(47)52-49/h1-21,23-28,30-33H,22,29H2. The Morgan fingerprint density at radius 1 is 0.404 bits per heavy atom. The minimum Gasteiger partial charge on any atom is -0.456 e. The summed E-state index contributed by atoms with van der Waals surface area (Å²) in [4.78, 5) is 2.43. The number of benzene rings is 8. The molecule has 2 heteroatoms. The van der Waals surface area contributed by atoms with Crippen molar-refractivity contribution < 1.29 is 4.42 Å². The van der Waals surface area contributed by atoms with E-state index in [4.69, 9.17) is 4.42 Å². The topological polar surface area (TPSA) is 16.4 Å². The van der Waals surface area contributed by atoms with Crippen molar-refractivity contribution in [3.8, 4) is 33.4 Å². The summed E-state index contributed by atoms with van der Waals surface area (Å²) < 4.78 is 6.13. The zero-order valence-corrected chi connectivity index (χ0v) is 28.7. The number of aryl methyl sites for hydroxylation is 1. The maximum absolute atomic E-state index is 6.13. The summed E-state index contributed by atoms with van der Waals surface area (Å²) in [5.41, 5.74) is 15.5. The van der Waals surface area contributed by atoms with Crippen LogP contribution in [0.5, 0.6) is 0 Å². The SMILES string of the molecule is C1=C(N(c2ccc(-c3ccccc3)cc2)c2ccc(-c3ccc(-c4ccc5c(ccc6oc7ccccc7c65)c4)cc3)cc2)CCc2ccccc21. The molecule has 52 heavy (non-hydrogen) atoms. The number of fused-ring (bicyclic) bond motifs is 6. The van der Waals surface area contributed by atoms with Crippen LogP contribution in [0.3, 0.4) is 0 Å². The molecule has 0 saturated carbocycles. The smallest absolute Gasteiger partial charge is 0.136 e. The summed E-state index contributed by atoms with van der Waals surface area (Å²) in [6, 6.07) is 65.6. The van der Waals surface area contributed by atoms with Crippen LogP contribution < -0.4 is 4.90 Å². The molecule has 1 aliphatic rings. The van der Waals surface area contributed by atoms with Crippen molar-refractivity contribution >= 4 is 50.2 Å². The van der Waals surface area contributed by atoms with Gasteiger partial charge in [0.05, 0.1) is 0 Å². The minimum atomic E-state index is 0.930. The van der Waals surface area contributed by atoms with Gasteiger partial charge < -0.3 is 9.32 Å². The average molecular weight is 666 g/mol. The van der Waals surface area contributed by atoms with Crippen LogP contribution in [0, 0.1) is 0 Å². The molecule has 0 bridgehead atoms. The molecule has 0 radical (unpaired) electrons. The molecule has 246 valence electrons. The van der Waals surface area contributed by atoms with Crippen LogP contribution >= 0.6 is 0 Å². The third-order valence-electron chi connectivity index (χ3n) is 10.6. The predicted molar refractivity (Wildman–Crippen MR) is 219 cm³/mol. The van der Waals surface area contributed by atoms with Gasteiger partial charge in [-0.05, 0) is 117 Å². The van der Waals surface area contributed by atoms with Crippen molar-refractivity contribution in [1.82, 2.24) is 0 Å². The summed E-state index contributed by atoms with van der Waals surface area (Å²) in [5.74, 6) is 0. The number of hydrogen-bond donors (Lipinski definition) is 0. The molecule has 1 aromatic heterocycles. The summed E-state index contributed by atoms with van der Waals surface area (Å²) >= 11 is 0. The van der Waals surface area contributed by atoms with Crippen LogP contribution in [0.2, 0.25) is 0 Å². The Balaban J connectivity index is 0.957. The lowest BCUT2D eigenvalue weighted by Gasteiger charge is -2.31. The van der Waals surface area contributed by atoms with Gasteiger partial charge >= 0.3 is 0 Å². The molecule has 0 atom stereocenters. The summed E-state index contributed by atoms with van der Waals surface area (Å²) in [6.07, 6.45) is 4.38. The first-order chi connectivity index (χ1) is 25.7. The molecule has 1 heterocycles. The van der Waals surface area contributed by atoms with Crippen LogP contribution in [0.1, 0.15) is 17.5 Å². The zero-order chi connectivity index (χ0) is 34.4. The first-order valence-corrected chi connectivity index (χ1v) is 18.0. The molecule has 9 aromatic rings. The second-order valence-corrected chi connectivity index (χ2v) is 13.7. The average Bonchev–Trinajstić information content (AvgIpc) is 3.61. The summed E-state index contributed by atoms with van der Waals surface area (Å²) in [5, 5.41) is 4.78. The van der Waals surface area contributed by atoms with Crippen molar-refractivity contribution in [2.75, 3.05) is 4.90 Å². The number of anilines is 2. The van der Waals surface area contributed by atoms with E-state index >= 15 is 0 Å². The number of furan rings is 1. The number of rotatable bonds is 6. The molecule has 1 aliphatic carbocycles. The van der Waals surface area contributed by atoms with E-state index in [2.05, 4.69) is 181 Å². The van der Waals surface area contributed by atoms with Crippen LogP contribution in [0.25, 0.3) is 72.2 Å². The molecule has 0 aliphatic heterocycles. The Morgan fingerprint density at radius 3 is 1.71 bits per heavy atom. The number of nitrogens with zero attached hydrogens (tertiary/aromatic N) is 1. The van der Waals surface area contributed by atoms with E-state index in [9.17, 15) is 0 Å². The van der Waals surface area contributed by atoms with Crippen molar-refractivity contribution in [1.29, 1.82) is 0 Å². The van der Waals surface area contributed by atoms with Crippen LogP contribution in [-0.4, -0.2) is 0 Å². The van der Waals surface area contributed by atoms with E-state index < -0.39 is 0 Å². The van der Waals surface area contributed by atoms with E-state index in [-0.39, 0.29) is 0 Å². The Bertz CT molecular complexity index is 2750. The third kappa shape index (κ3) is 5.37. The highest BCUT2D eigenvalue weighted by Gasteiger charge is 2.20. The monoisotopic (exact) mass is 665 g/mol. The molecule has 10 rings (SSSR count). The first-order valence-electron chi connectivity index (χ1n) is 18.0. The molecule has 0 N–H and O–H groups in total. The largest absolute Gasteiger partial charge is 0.456 e. The Kier molecular flexibility index (Phi) is 7.32. The van der Waals surface area contributed by atoms with Gasteiger partial charge in [-0.15, -0.1) is 0 Å².